The average molecular weight is 389 g/mol. The Hall–Kier alpha value is -3.09. The number of benzene rings is 2. The second kappa shape index (κ2) is 10.3. The summed E-state index contributed by atoms with van der Waals surface area (Å²) in [7, 11) is 7.90. The molecule has 2 aromatic carbocycles. The molecule has 152 valence electrons. The van der Waals surface area contributed by atoms with Crippen LogP contribution in [0.2, 0.25) is 0 Å². The molecule has 2 aromatic rings. The summed E-state index contributed by atoms with van der Waals surface area (Å²) >= 11 is 0. The van der Waals surface area contributed by atoms with Gasteiger partial charge in [0.2, 0.25) is 5.91 Å². The lowest BCUT2D eigenvalue weighted by Crippen LogP contribution is -2.27. The summed E-state index contributed by atoms with van der Waals surface area (Å²) in [5, 5.41) is 2.92. The molecule has 2 rings (SSSR count). The highest BCUT2D eigenvalue weighted by atomic mass is 16.5. The van der Waals surface area contributed by atoms with Crippen molar-refractivity contribution in [3.05, 3.63) is 41.5 Å². The van der Waals surface area contributed by atoms with Gasteiger partial charge in [-0.25, -0.2) is 0 Å². The summed E-state index contributed by atoms with van der Waals surface area (Å²) in [5.41, 5.74) is 1.74. The first kappa shape index (κ1) is 21.2. The third kappa shape index (κ3) is 5.22. The highest BCUT2D eigenvalue weighted by Crippen LogP contribution is 2.35. The predicted molar refractivity (Wildman–Crippen MR) is 106 cm³/mol. The van der Waals surface area contributed by atoms with Gasteiger partial charge >= 0.3 is 0 Å². The molecule has 0 saturated carbocycles. The van der Waals surface area contributed by atoms with Crippen molar-refractivity contribution in [2.45, 2.75) is 12.8 Å². The number of rotatable bonds is 10. The first-order valence-corrected chi connectivity index (χ1v) is 8.82. The zero-order valence-corrected chi connectivity index (χ0v) is 17.0. The number of hydrogen-bond donors (Lipinski definition) is 1. The molecule has 7 heteroatoms. The Balaban J connectivity index is 1.99. The van der Waals surface area contributed by atoms with Crippen LogP contribution in [0.1, 0.15) is 11.1 Å². The maximum absolute atomic E-state index is 12.3. The molecule has 7 nitrogen and oxygen atoms in total. The average Bonchev–Trinajstić information content (AvgIpc) is 2.72. The third-order valence-electron chi connectivity index (χ3n) is 4.29. The van der Waals surface area contributed by atoms with E-state index >= 15 is 0 Å². The van der Waals surface area contributed by atoms with Crippen molar-refractivity contribution in [2.24, 2.45) is 0 Å². The van der Waals surface area contributed by atoms with E-state index < -0.39 is 0 Å². The largest absolute Gasteiger partial charge is 0.497 e. The molecule has 1 N–H and O–H groups in total. The third-order valence-corrected chi connectivity index (χ3v) is 4.29. The van der Waals surface area contributed by atoms with E-state index in [2.05, 4.69) is 5.32 Å². The lowest BCUT2D eigenvalue weighted by Gasteiger charge is -2.15. The summed E-state index contributed by atoms with van der Waals surface area (Å²) in [4.78, 5) is 12.3. The van der Waals surface area contributed by atoms with Crippen molar-refractivity contribution in [3.8, 4) is 28.7 Å². The molecular formula is C21H27NO6. The van der Waals surface area contributed by atoms with Crippen molar-refractivity contribution in [2.75, 3.05) is 42.1 Å². The van der Waals surface area contributed by atoms with E-state index in [9.17, 15) is 4.79 Å². The monoisotopic (exact) mass is 389 g/mol. The van der Waals surface area contributed by atoms with Gasteiger partial charge in [-0.15, -0.1) is 0 Å². The molecule has 0 aliphatic heterocycles. The van der Waals surface area contributed by atoms with Gasteiger partial charge in [0.1, 0.15) is 5.75 Å². The van der Waals surface area contributed by atoms with Crippen LogP contribution < -0.4 is 29.0 Å². The zero-order chi connectivity index (χ0) is 20.5. The van der Waals surface area contributed by atoms with Gasteiger partial charge in [0.05, 0.1) is 42.0 Å². The van der Waals surface area contributed by atoms with Crippen LogP contribution in [-0.4, -0.2) is 48.0 Å². The van der Waals surface area contributed by atoms with Crippen LogP contribution in [0.25, 0.3) is 0 Å². The molecule has 0 unspecified atom stereocenters. The standard InChI is InChI=1S/C21H27NO6/c1-24-16-12-15(21(28-5)19(13-16)27-4)8-9-22-20(23)11-14-6-7-17(25-2)18(10-14)26-3/h6-7,10,12-13H,8-9,11H2,1-5H3,(H,22,23). The molecule has 0 fully saturated rings. The topological polar surface area (TPSA) is 75.3 Å². The van der Waals surface area contributed by atoms with Gasteiger partial charge in [-0.3, -0.25) is 4.79 Å². The maximum atomic E-state index is 12.3. The van der Waals surface area contributed by atoms with Crippen molar-refractivity contribution >= 4 is 5.91 Å². The maximum Gasteiger partial charge on any atom is 0.224 e. The molecule has 0 radical (unpaired) electrons. The van der Waals surface area contributed by atoms with Crippen LogP contribution in [0.3, 0.4) is 0 Å². The van der Waals surface area contributed by atoms with Gasteiger partial charge in [0.15, 0.2) is 23.0 Å². The van der Waals surface area contributed by atoms with Crippen molar-refractivity contribution < 1.29 is 28.5 Å². The van der Waals surface area contributed by atoms with E-state index in [1.807, 2.05) is 12.1 Å². The number of ether oxygens (including phenoxy) is 5. The smallest absolute Gasteiger partial charge is 0.224 e. The molecule has 0 heterocycles. The summed E-state index contributed by atoms with van der Waals surface area (Å²) in [6, 6.07) is 9.07. The van der Waals surface area contributed by atoms with Crippen LogP contribution in [0.5, 0.6) is 28.7 Å². The van der Waals surface area contributed by atoms with Crippen LogP contribution in [0, 0.1) is 0 Å². The number of carbonyl (C=O) groups is 1. The predicted octanol–water partition coefficient (Wildman–Crippen LogP) is 2.63. The SMILES string of the molecule is COc1cc(CCNC(=O)Cc2ccc(OC)c(OC)c2)c(OC)c(OC)c1. The van der Waals surface area contributed by atoms with Gasteiger partial charge in [-0.2, -0.15) is 0 Å². The second-order valence-electron chi connectivity index (χ2n) is 5.99. The summed E-state index contributed by atoms with van der Waals surface area (Å²) in [5.74, 6) is 3.04. The number of methoxy groups -OCH3 is 5. The first-order valence-electron chi connectivity index (χ1n) is 8.82. The van der Waals surface area contributed by atoms with E-state index in [-0.39, 0.29) is 12.3 Å². The number of amides is 1. The number of carbonyl (C=O) groups excluding carboxylic acids is 1. The van der Waals surface area contributed by atoms with Crippen LogP contribution in [0.4, 0.5) is 0 Å². The molecular weight excluding hydrogens is 362 g/mol. The molecule has 0 aliphatic carbocycles. The Morgan fingerprint density at radius 1 is 0.821 bits per heavy atom. The molecule has 0 bridgehead atoms. The zero-order valence-electron chi connectivity index (χ0n) is 17.0. The Morgan fingerprint density at radius 2 is 1.54 bits per heavy atom. The second-order valence-corrected chi connectivity index (χ2v) is 5.99. The van der Waals surface area contributed by atoms with E-state index in [1.165, 1.54) is 0 Å². The molecule has 0 atom stereocenters. The fourth-order valence-electron chi connectivity index (χ4n) is 2.89. The van der Waals surface area contributed by atoms with Gasteiger partial charge in [0, 0.05) is 18.2 Å². The molecule has 28 heavy (non-hydrogen) atoms. The van der Waals surface area contributed by atoms with Crippen molar-refractivity contribution in [1.29, 1.82) is 0 Å². The Morgan fingerprint density at radius 3 is 2.14 bits per heavy atom. The lowest BCUT2D eigenvalue weighted by atomic mass is 10.1. The minimum Gasteiger partial charge on any atom is -0.497 e. The molecule has 0 aromatic heterocycles. The van der Waals surface area contributed by atoms with Gasteiger partial charge in [0.25, 0.3) is 0 Å². The van der Waals surface area contributed by atoms with Crippen LogP contribution in [0.15, 0.2) is 30.3 Å². The minimum atomic E-state index is -0.0824. The molecule has 0 saturated heterocycles. The van der Waals surface area contributed by atoms with E-state index in [0.717, 1.165) is 11.1 Å². The van der Waals surface area contributed by atoms with Crippen molar-refractivity contribution in [1.82, 2.24) is 5.32 Å². The number of nitrogens with one attached hydrogen (secondary N) is 1. The number of hydrogen-bond acceptors (Lipinski definition) is 6. The fraction of sp³-hybridized carbons (Fsp3) is 0.381. The van der Waals surface area contributed by atoms with Gasteiger partial charge < -0.3 is 29.0 Å². The summed E-state index contributed by atoms with van der Waals surface area (Å²) < 4.78 is 26.6. The van der Waals surface area contributed by atoms with E-state index in [0.29, 0.717) is 41.7 Å². The Bertz CT molecular complexity index is 806. The Kier molecular flexibility index (Phi) is 7.80. The van der Waals surface area contributed by atoms with Crippen LogP contribution >= 0.6 is 0 Å². The molecule has 0 aliphatic rings. The van der Waals surface area contributed by atoms with Gasteiger partial charge in [-0.05, 0) is 30.2 Å². The highest BCUT2D eigenvalue weighted by molar-refractivity contribution is 5.78. The quantitative estimate of drug-likeness (QED) is 0.673. The first-order chi connectivity index (χ1) is 13.6. The lowest BCUT2D eigenvalue weighted by molar-refractivity contribution is -0.120. The highest BCUT2D eigenvalue weighted by Gasteiger charge is 2.14. The van der Waals surface area contributed by atoms with E-state index in [4.69, 9.17) is 23.7 Å². The van der Waals surface area contributed by atoms with Crippen LogP contribution in [-0.2, 0) is 17.6 Å². The van der Waals surface area contributed by atoms with Crippen molar-refractivity contribution in [3.63, 3.8) is 0 Å². The minimum absolute atomic E-state index is 0.0824. The Labute approximate surface area is 165 Å². The molecule has 1 amide bonds. The van der Waals surface area contributed by atoms with E-state index in [1.54, 1.807) is 53.7 Å². The summed E-state index contributed by atoms with van der Waals surface area (Å²) in [6.45, 7) is 0.457. The molecule has 0 spiro atoms. The summed E-state index contributed by atoms with van der Waals surface area (Å²) in [6.07, 6.45) is 0.827. The van der Waals surface area contributed by atoms with Gasteiger partial charge in [-0.1, -0.05) is 6.07 Å². The normalized spacial score (nSPS) is 10.2. The fourth-order valence-corrected chi connectivity index (χ4v) is 2.89.